The minimum atomic E-state index is -0.284. The molecule has 1 fully saturated rings. The molecule has 5 heteroatoms. The van der Waals surface area contributed by atoms with Gasteiger partial charge in [-0.2, -0.15) is 5.26 Å². The molecule has 1 aromatic carbocycles. The predicted molar refractivity (Wildman–Crippen MR) is 78.5 cm³/mol. The zero-order chi connectivity index (χ0) is 14.4. The molecule has 1 amide bonds. The molecule has 2 unspecified atom stereocenters. The van der Waals surface area contributed by atoms with Gasteiger partial charge in [-0.25, -0.2) is 0 Å². The van der Waals surface area contributed by atoms with Crippen LogP contribution in [-0.4, -0.2) is 29.4 Å². The second kappa shape index (κ2) is 7.32. The van der Waals surface area contributed by atoms with Crippen molar-refractivity contribution in [2.75, 3.05) is 12.3 Å². The van der Waals surface area contributed by atoms with Gasteiger partial charge in [-0.15, -0.1) is 11.8 Å². The maximum Gasteiger partial charge on any atom is 0.251 e. The lowest BCUT2D eigenvalue weighted by atomic mass is 10.1. The summed E-state index contributed by atoms with van der Waals surface area (Å²) in [7, 11) is 0. The van der Waals surface area contributed by atoms with Gasteiger partial charge in [0.2, 0.25) is 0 Å². The first-order valence-corrected chi connectivity index (χ1v) is 7.75. The van der Waals surface area contributed by atoms with E-state index in [1.165, 1.54) is 11.8 Å². The summed E-state index contributed by atoms with van der Waals surface area (Å²) in [6, 6.07) is 9.33. The number of carbonyl (C=O) groups is 1. The number of benzene rings is 1. The molecule has 0 saturated heterocycles. The van der Waals surface area contributed by atoms with Crippen molar-refractivity contribution in [1.29, 1.82) is 5.26 Å². The summed E-state index contributed by atoms with van der Waals surface area (Å²) < 4.78 is 0. The van der Waals surface area contributed by atoms with Crippen molar-refractivity contribution in [2.24, 2.45) is 5.92 Å². The third-order valence-corrected chi connectivity index (χ3v) is 4.40. The second-order valence-electron chi connectivity index (χ2n) is 4.94. The van der Waals surface area contributed by atoms with Crippen LogP contribution in [0.2, 0.25) is 0 Å². The largest absolute Gasteiger partial charge is 0.393 e. The Morgan fingerprint density at radius 3 is 3.05 bits per heavy atom. The zero-order valence-corrected chi connectivity index (χ0v) is 12.0. The second-order valence-corrected chi connectivity index (χ2v) is 5.99. The van der Waals surface area contributed by atoms with Gasteiger partial charge in [0, 0.05) is 22.9 Å². The van der Waals surface area contributed by atoms with Crippen molar-refractivity contribution in [3.05, 3.63) is 29.8 Å². The number of amides is 1. The van der Waals surface area contributed by atoms with E-state index in [0.717, 1.165) is 24.2 Å². The first-order valence-electron chi connectivity index (χ1n) is 6.77. The molecule has 1 saturated carbocycles. The van der Waals surface area contributed by atoms with Gasteiger partial charge in [0.15, 0.2) is 0 Å². The van der Waals surface area contributed by atoms with Crippen LogP contribution in [0.1, 0.15) is 29.6 Å². The number of aliphatic hydroxyl groups is 1. The molecule has 20 heavy (non-hydrogen) atoms. The molecule has 106 valence electrons. The molecule has 2 rings (SSSR count). The van der Waals surface area contributed by atoms with E-state index >= 15 is 0 Å². The van der Waals surface area contributed by atoms with Crippen LogP contribution in [0.25, 0.3) is 0 Å². The van der Waals surface area contributed by atoms with Crippen LogP contribution in [0.4, 0.5) is 0 Å². The van der Waals surface area contributed by atoms with E-state index in [1.54, 1.807) is 12.1 Å². The topological polar surface area (TPSA) is 73.1 Å². The Morgan fingerprint density at radius 1 is 1.50 bits per heavy atom. The van der Waals surface area contributed by atoms with Crippen molar-refractivity contribution in [2.45, 2.75) is 30.3 Å². The van der Waals surface area contributed by atoms with Crippen LogP contribution in [0, 0.1) is 17.2 Å². The van der Waals surface area contributed by atoms with E-state index in [1.807, 2.05) is 12.1 Å². The molecule has 1 aromatic rings. The molecule has 2 N–H and O–H groups in total. The number of nitrogens with zero attached hydrogens (tertiary/aromatic N) is 1. The SMILES string of the molecule is N#CCSc1cccc(C(=O)NCC2CCCC2O)c1. The quantitative estimate of drug-likeness (QED) is 0.815. The Hall–Kier alpha value is -1.51. The Kier molecular flexibility index (Phi) is 5.45. The normalized spacial score (nSPS) is 21.4. The Morgan fingerprint density at radius 2 is 2.35 bits per heavy atom. The van der Waals surface area contributed by atoms with Crippen LogP contribution in [-0.2, 0) is 0 Å². The molecule has 0 aliphatic heterocycles. The van der Waals surface area contributed by atoms with Crippen LogP contribution >= 0.6 is 11.8 Å². The highest BCUT2D eigenvalue weighted by molar-refractivity contribution is 7.99. The van der Waals surface area contributed by atoms with E-state index < -0.39 is 0 Å². The molecule has 0 aromatic heterocycles. The van der Waals surface area contributed by atoms with E-state index in [-0.39, 0.29) is 17.9 Å². The maximum absolute atomic E-state index is 12.1. The van der Waals surface area contributed by atoms with Gasteiger partial charge in [-0.3, -0.25) is 4.79 Å². The van der Waals surface area contributed by atoms with Crippen molar-refractivity contribution in [3.8, 4) is 6.07 Å². The number of thioether (sulfide) groups is 1. The van der Waals surface area contributed by atoms with Gasteiger partial charge < -0.3 is 10.4 Å². The number of hydrogen-bond donors (Lipinski definition) is 2. The third kappa shape index (κ3) is 3.99. The summed E-state index contributed by atoms with van der Waals surface area (Å²) >= 11 is 1.41. The first-order chi connectivity index (χ1) is 9.70. The van der Waals surface area contributed by atoms with Crippen LogP contribution in [0.3, 0.4) is 0 Å². The van der Waals surface area contributed by atoms with E-state index in [0.29, 0.717) is 17.9 Å². The highest BCUT2D eigenvalue weighted by Crippen LogP contribution is 2.25. The van der Waals surface area contributed by atoms with Gasteiger partial charge in [-0.1, -0.05) is 12.5 Å². The van der Waals surface area contributed by atoms with Gasteiger partial charge in [0.25, 0.3) is 5.91 Å². The number of carbonyl (C=O) groups excluding carboxylic acids is 1. The van der Waals surface area contributed by atoms with E-state index in [4.69, 9.17) is 5.26 Å². The number of nitriles is 1. The van der Waals surface area contributed by atoms with Crippen LogP contribution in [0.15, 0.2) is 29.2 Å². The van der Waals surface area contributed by atoms with Crippen LogP contribution in [0.5, 0.6) is 0 Å². The fraction of sp³-hybridized carbons (Fsp3) is 0.467. The highest BCUT2D eigenvalue weighted by Gasteiger charge is 2.25. The minimum Gasteiger partial charge on any atom is -0.393 e. The van der Waals surface area contributed by atoms with Gasteiger partial charge in [0.1, 0.15) is 0 Å². The summed E-state index contributed by atoms with van der Waals surface area (Å²) in [5.41, 5.74) is 0.598. The number of aliphatic hydroxyl groups excluding tert-OH is 1. The van der Waals surface area contributed by atoms with Crippen LogP contribution < -0.4 is 5.32 Å². The summed E-state index contributed by atoms with van der Waals surface area (Å²) in [5.74, 6) is 0.429. The number of nitrogens with one attached hydrogen (secondary N) is 1. The third-order valence-electron chi connectivity index (χ3n) is 3.54. The van der Waals surface area contributed by atoms with Crippen molar-refractivity contribution in [1.82, 2.24) is 5.32 Å². The first kappa shape index (κ1) is 14.9. The maximum atomic E-state index is 12.1. The lowest BCUT2D eigenvalue weighted by molar-refractivity contribution is 0.0916. The summed E-state index contributed by atoms with van der Waals surface area (Å²) in [4.78, 5) is 13.0. The van der Waals surface area contributed by atoms with Crippen molar-refractivity contribution in [3.63, 3.8) is 0 Å². The van der Waals surface area contributed by atoms with Gasteiger partial charge >= 0.3 is 0 Å². The minimum absolute atomic E-state index is 0.122. The Labute approximate surface area is 123 Å². The van der Waals surface area contributed by atoms with E-state index in [9.17, 15) is 9.90 Å². The average molecular weight is 290 g/mol. The molecule has 2 atom stereocenters. The Balaban J connectivity index is 1.90. The fourth-order valence-corrected chi connectivity index (χ4v) is 3.04. The molecule has 1 aliphatic carbocycles. The molecule has 4 nitrogen and oxygen atoms in total. The molecule has 1 aliphatic rings. The van der Waals surface area contributed by atoms with Crippen molar-refractivity contribution < 1.29 is 9.90 Å². The lowest BCUT2D eigenvalue weighted by Crippen LogP contribution is -2.32. The van der Waals surface area contributed by atoms with Gasteiger partial charge in [0.05, 0.1) is 17.9 Å². The standard InChI is InChI=1S/C15H18N2O2S/c16-7-8-20-13-5-1-3-11(9-13)15(19)17-10-12-4-2-6-14(12)18/h1,3,5,9,12,14,18H,2,4,6,8,10H2,(H,17,19). The Bertz CT molecular complexity index is 513. The fourth-order valence-electron chi connectivity index (χ4n) is 2.42. The highest BCUT2D eigenvalue weighted by atomic mass is 32.2. The molecular weight excluding hydrogens is 272 g/mol. The molecule has 0 spiro atoms. The van der Waals surface area contributed by atoms with Gasteiger partial charge in [-0.05, 0) is 31.0 Å². The summed E-state index contributed by atoms with van der Waals surface area (Å²) in [5, 5.41) is 21.2. The van der Waals surface area contributed by atoms with E-state index in [2.05, 4.69) is 11.4 Å². The molecule has 0 bridgehead atoms. The molecule has 0 heterocycles. The average Bonchev–Trinajstić information content (AvgIpc) is 2.88. The number of rotatable bonds is 5. The summed E-state index contributed by atoms with van der Waals surface area (Å²) in [6.45, 7) is 0.523. The summed E-state index contributed by atoms with van der Waals surface area (Å²) in [6.07, 6.45) is 2.55. The molecular formula is C15H18N2O2S. The zero-order valence-electron chi connectivity index (χ0n) is 11.2. The lowest BCUT2D eigenvalue weighted by Gasteiger charge is -2.15. The van der Waals surface area contributed by atoms with Crippen molar-refractivity contribution >= 4 is 17.7 Å². The number of hydrogen-bond acceptors (Lipinski definition) is 4. The predicted octanol–water partition coefficient (Wildman–Crippen LogP) is 2.19. The smallest absolute Gasteiger partial charge is 0.251 e. The molecule has 0 radical (unpaired) electrons. The monoisotopic (exact) mass is 290 g/mol.